The molecular formula is C23H21NO4. The lowest BCUT2D eigenvalue weighted by Crippen LogP contribution is -2.33. The lowest BCUT2D eigenvalue weighted by molar-refractivity contribution is -0.147. The van der Waals surface area contributed by atoms with Gasteiger partial charge in [0.1, 0.15) is 5.58 Å². The van der Waals surface area contributed by atoms with Crippen LogP contribution in [-0.4, -0.2) is 25.0 Å². The number of carbonyl (C=O) groups is 2. The number of anilines is 1. The highest BCUT2D eigenvalue weighted by Gasteiger charge is 2.25. The largest absolute Gasteiger partial charge is 0.464 e. The van der Waals surface area contributed by atoms with Gasteiger partial charge < -0.3 is 14.1 Å². The van der Waals surface area contributed by atoms with Crippen LogP contribution in [0.3, 0.4) is 0 Å². The van der Waals surface area contributed by atoms with Gasteiger partial charge in [-0.1, -0.05) is 18.2 Å². The Labute approximate surface area is 162 Å². The molecule has 0 radical (unpaired) electrons. The summed E-state index contributed by atoms with van der Waals surface area (Å²) in [5.74, 6) is -0.600. The van der Waals surface area contributed by atoms with E-state index in [1.165, 1.54) is 17.5 Å². The molecule has 1 amide bonds. The summed E-state index contributed by atoms with van der Waals surface area (Å²) in [5.41, 5.74) is 6.37. The van der Waals surface area contributed by atoms with Crippen molar-refractivity contribution in [2.24, 2.45) is 0 Å². The molecule has 1 aromatic heterocycles. The van der Waals surface area contributed by atoms with Gasteiger partial charge in [-0.3, -0.25) is 9.59 Å². The van der Waals surface area contributed by atoms with Crippen molar-refractivity contribution in [2.45, 2.75) is 32.1 Å². The molecule has 1 aliphatic carbocycles. The van der Waals surface area contributed by atoms with Crippen molar-refractivity contribution in [2.75, 3.05) is 18.1 Å². The Morgan fingerprint density at radius 3 is 2.75 bits per heavy atom. The van der Waals surface area contributed by atoms with E-state index in [1.54, 1.807) is 11.2 Å². The predicted molar refractivity (Wildman–Crippen MR) is 105 cm³/mol. The number of hydrogen-bond acceptors (Lipinski definition) is 4. The van der Waals surface area contributed by atoms with E-state index >= 15 is 0 Å². The van der Waals surface area contributed by atoms with E-state index in [0.717, 1.165) is 47.0 Å². The van der Waals surface area contributed by atoms with Crippen LogP contribution >= 0.6 is 0 Å². The number of rotatable bonds is 4. The van der Waals surface area contributed by atoms with Gasteiger partial charge in [-0.25, -0.2) is 0 Å². The van der Waals surface area contributed by atoms with E-state index in [9.17, 15) is 9.59 Å². The van der Waals surface area contributed by atoms with Gasteiger partial charge in [0.25, 0.3) is 5.91 Å². The molecule has 3 aromatic rings. The first-order valence-electron chi connectivity index (χ1n) is 9.75. The number of fused-ring (bicyclic) bond motifs is 3. The SMILES string of the molecule is O=C(Cc1coc2cc3c(cc12)CCC3)OCC(=O)N1CCc2ccccc21. The second-order valence-corrected chi connectivity index (χ2v) is 7.49. The molecule has 142 valence electrons. The Hall–Kier alpha value is -3.08. The van der Waals surface area contributed by atoms with Crippen molar-refractivity contribution >= 4 is 28.5 Å². The Morgan fingerprint density at radius 2 is 1.86 bits per heavy atom. The summed E-state index contributed by atoms with van der Waals surface area (Å²) in [7, 11) is 0. The topological polar surface area (TPSA) is 59.8 Å². The van der Waals surface area contributed by atoms with Gasteiger partial charge in [-0.15, -0.1) is 0 Å². The van der Waals surface area contributed by atoms with E-state index in [1.807, 2.05) is 24.3 Å². The average molecular weight is 375 g/mol. The summed E-state index contributed by atoms with van der Waals surface area (Å²) < 4.78 is 10.9. The molecular weight excluding hydrogens is 354 g/mol. The van der Waals surface area contributed by atoms with Crippen molar-refractivity contribution in [3.8, 4) is 0 Å². The maximum Gasteiger partial charge on any atom is 0.310 e. The Bertz CT molecular complexity index is 1080. The van der Waals surface area contributed by atoms with Gasteiger partial charge in [0, 0.05) is 23.2 Å². The first kappa shape index (κ1) is 17.0. The number of benzene rings is 2. The van der Waals surface area contributed by atoms with Crippen LogP contribution < -0.4 is 4.90 Å². The number of furan rings is 1. The lowest BCUT2D eigenvalue weighted by Gasteiger charge is -2.17. The van der Waals surface area contributed by atoms with Crippen molar-refractivity contribution in [3.63, 3.8) is 0 Å². The number of esters is 1. The van der Waals surface area contributed by atoms with Crippen LogP contribution in [0.2, 0.25) is 0 Å². The minimum absolute atomic E-state index is 0.107. The highest BCUT2D eigenvalue weighted by molar-refractivity contribution is 5.97. The second kappa shape index (κ2) is 6.82. The number of aryl methyl sites for hydroxylation is 2. The number of carbonyl (C=O) groups excluding carboxylic acids is 2. The number of nitrogens with zero attached hydrogens (tertiary/aromatic N) is 1. The molecule has 0 bridgehead atoms. The molecule has 0 atom stereocenters. The average Bonchev–Trinajstić information content (AvgIpc) is 3.43. The van der Waals surface area contributed by atoms with Crippen LogP contribution in [0.5, 0.6) is 0 Å². The third kappa shape index (κ3) is 2.97. The van der Waals surface area contributed by atoms with Crippen molar-refractivity contribution in [1.29, 1.82) is 0 Å². The Balaban J connectivity index is 1.24. The number of ether oxygens (including phenoxy) is 1. The van der Waals surface area contributed by atoms with E-state index in [-0.39, 0.29) is 18.9 Å². The van der Waals surface area contributed by atoms with Crippen LogP contribution in [0.25, 0.3) is 11.0 Å². The molecule has 0 N–H and O–H groups in total. The van der Waals surface area contributed by atoms with E-state index < -0.39 is 5.97 Å². The summed E-state index contributed by atoms with van der Waals surface area (Å²) in [6.07, 6.45) is 5.90. The molecule has 1 aliphatic heterocycles. The summed E-state index contributed by atoms with van der Waals surface area (Å²) in [5, 5.41) is 0.970. The molecule has 5 nitrogen and oxygen atoms in total. The predicted octanol–water partition coefficient (Wildman–Crippen LogP) is 3.60. The van der Waals surface area contributed by atoms with Crippen molar-refractivity contribution < 1.29 is 18.7 Å². The summed E-state index contributed by atoms with van der Waals surface area (Å²) in [6.45, 7) is 0.394. The normalized spacial score (nSPS) is 14.9. The maximum absolute atomic E-state index is 12.5. The molecule has 0 saturated carbocycles. The van der Waals surface area contributed by atoms with Gasteiger partial charge >= 0.3 is 5.97 Å². The monoisotopic (exact) mass is 375 g/mol. The fourth-order valence-corrected chi connectivity index (χ4v) is 4.31. The number of hydrogen-bond donors (Lipinski definition) is 0. The van der Waals surface area contributed by atoms with Crippen LogP contribution in [-0.2, 0) is 40.0 Å². The standard InChI is InChI=1S/C23H21NO4/c25-22(24-9-8-15-4-1-2-7-20(15)24)14-28-23(26)12-18-13-27-21-11-17-6-3-5-16(17)10-19(18)21/h1-2,4,7,10-11,13H,3,5-6,8-9,12,14H2. The Kier molecular flexibility index (Phi) is 4.15. The third-order valence-corrected chi connectivity index (χ3v) is 5.75. The highest BCUT2D eigenvalue weighted by Crippen LogP contribution is 2.31. The maximum atomic E-state index is 12.5. The molecule has 2 aliphatic rings. The molecule has 28 heavy (non-hydrogen) atoms. The molecule has 0 spiro atoms. The van der Waals surface area contributed by atoms with Gasteiger partial charge in [0.2, 0.25) is 0 Å². The molecule has 0 saturated heterocycles. The van der Waals surface area contributed by atoms with Crippen molar-refractivity contribution in [1.82, 2.24) is 0 Å². The molecule has 2 heterocycles. The number of amides is 1. The van der Waals surface area contributed by atoms with Crippen LogP contribution in [0, 0.1) is 0 Å². The Morgan fingerprint density at radius 1 is 1.04 bits per heavy atom. The highest BCUT2D eigenvalue weighted by atomic mass is 16.5. The summed E-state index contributed by atoms with van der Waals surface area (Å²) in [4.78, 5) is 26.5. The fourth-order valence-electron chi connectivity index (χ4n) is 4.31. The quantitative estimate of drug-likeness (QED) is 0.654. The smallest absolute Gasteiger partial charge is 0.310 e. The summed E-state index contributed by atoms with van der Waals surface area (Å²) >= 11 is 0. The van der Waals surface area contributed by atoms with E-state index in [0.29, 0.717) is 6.54 Å². The van der Waals surface area contributed by atoms with E-state index in [4.69, 9.17) is 9.15 Å². The first-order valence-corrected chi connectivity index (χ1v) is 9.75. The third-order valence-electron chi connectivity index (χ3n) is 5.75. The van der Waals surface area contributed by atoms with Gasteiger partial charge in [-0.2, -0.15) is 0 Å². The van der Waals surface area contributed by atoms with Gasteiger partial charge in [-0.05, 0) is 60.6 Å². The minimum atomic E-state index is -0.413. The van der Waals surface area contributed by atoms with Crippen LogP contribution in [0.15, 0.2) is 47.1 Å². The summed E-state index contributed by atoms with van der Waals surface area (Å²) in [6, 6.07) is 12.1. The zero-order valence-electron chi connectivity index (χ0n) is 15.6. The van der Waals surface area contributed by atoms with Crippen LogP contribution in [0.1, 0.15) is 28.7 Å². The van der Waals surface area contributed by atoms with Gasteiger partial charge in [0.05, 0.1) is 12.7 Å². The first-order chi connectivity index (χ1) is 13.7. The zero-order valence-corrected chi connectivity index (χ0v) is 15.6. The fraction of sp³-hybridized carbons (Fsp3) is 0.304. The second-order valence-electron chi connectivity index (χ2n) is 7.49. The molecule has 5 rings (SSSR count). The molecule has 0 fully saturated rings. The van der Waals surface area contributed by atoms with Gasteiger partial charge in [0.15, 0.2) is 6.61 Å². The molecule has 5 heteroatoms. The molecule has 0 unspecified atom stereocenters. The van der Waals surface area contributed by atoms with Crippen LogP contribution in [0.4, 0.5) is 5.69 Å². The number of para-hydroxylation sites is 1. The zero-order chi connectivity index (χ0) is 19.1. The molecule has 2 aromatic carbocycles. The lowest BCUT2D eigenvalue weighted by atomic mass is 10.0. The van der Waals surface area contributed by atoms with Crippen molar-refractivity contribution in [3.05, 3.63) is 64.9 Å². The van der Waals surface area contributed by atoms with E-state index in [2.05, 4.69) is 12.1 Å². The minimum Gasteiger partial charge on any atom is -0.464 e.